The molecule has 1 N–H and O–H groups in total. The summed E-state index contributed by atoms with van der Waals surface area (Å²) in [5, 5.41) is 2.58. The van der Waals surface area contributed by atoms with Gasteiger partial charge in [-0.1, -0.05) is 0 Å². The van der Waals surface area contributed by atoms with Gasteiger partial charge in [-0.25, -0.2) is 0 Å². The quantitative estimate of drug-likeness (QED) is 0.835. The Morgan fingerprint density at radius 3 is 2.81 bits per heavy atom. The third kappa shape index (κ3) is 2.29. The van der Waals surface area contributed by atoms with Gasteiger partial charge >= 0.3 is 0 Å². The van der Waals surface area contributed by atoms with Crippen molar-refractivity contribution in [1.82, 2.24) is 15.2 Å². The van der Waals surface area contributed by atoms with Gasteiger partial charge in [-0.05, 0) is 24.3 Å². The first-order valence-electron chi connectivity index (χ1n) is 6.31. The van der Waals surface area contributed by atoms with Gasteiger partial charge in [-0.2, -0.15) is 0 Å². The largest absolute Gasteiger partial charge is 0.459 e. The average molecular weight is 285 g/mol. The highest BCUT2D eigenvalue weighted by Crippen LogP contribution is 2.19. The molecule has 0 fully saturated rings. The molecule has 3 heterocycles. The standard InChI is InChI=1S/C14H11N3O4/c18-12(10-4-2-8-21-10)16-6-7-17-13(19)9-3-1-5-15-11(9)14(17)20/h1-5,8H,6-7H2,(H,16,18). The molecule has 3 amide bonds. The molecular formula is C14H11N3O4. The van der Waals surface area contributed by atoms with Gasteiger partial charge in [0.05, 0.1) is 11.8 Å². The highest BCUT2D eigenvalue weighted by Gasteiger charge is 2.36. The number of pyridine rings is 1. The number of nitrogens with zero attached hydrogens (tertiary/aromatic N) is 2. The van der Waals surface area contributed by atoms with Crippen LogP contribution < -0.4 is 5.32 Å². The van der Waals surface area contributed by atoms with E-state index in [0.29, 0.717) is 5.56 Å². The second kappa shape index (κ2) is 5.20. The van der Waals surface area contributed by atoms with Gasteiger partial charge in [-0.3, -0.25) is 24.3 Å². The summed E-state index contributed by atoms with van der Waals surface area (Å²) in [4.78, 5) is 40.7. The minimum Gasteiger partial charge on any atom is -0.459 e. The molecule has 0 aliphatic carbocycles. The molecule has 0 unspecified atom stereocenters. The van der Waals surface area contributed by atoms with Crippen LogP contribution in [0.5, 0.6) is 0 Å². The Labute approximate surface area is 119 Å². The molecule has 3 rings (SSSR count). The molecule has 7 heteroatoms. The van der Waals surface area contributed by atoms with Crippen molar-refractivity contribution in [3.63, 3.8) is 0 Å². The highest BCUT2D eigenvalue weighted by molar-refractivity contribution is 6.20. The first kappa shape index (κ1) is 13.0. The Balaban J connectivity index is 1.61. The fraction of sp³-hybridized carbons (Fsp3) is 0.143. The Hall–Kier alpha value is -2.96. The molecule has 0 aromatic carbocycles. The van der Waals surface area contributed by atoms with Gasteiger partial charge in [0.1, 0.15) is 5.69 Å². The van der Waals surface area contributed by atoms with E-state index in [4.69, 9.17) is 4.42 Å². The topological polar surface area (TPSA) is 92.5 Å². The Morgan fingerprint density at radius 1 is 1.24 bits per heavy atom. The van der Waals surface area contributed by atoms with Crippen molar-refractivity contribution in [2.24, 2.45) is 0 Å². The van der Waals surface area contributed by atoms with E-state index in [2.05, 4.69) is 10.3 Å². The van der Waals surface area contributed by atoms with Crippen LogP contribution in [-0.2, 0) is 0 Å². The SMILES string of the molecule is O=C(NCCN1C(=O)c2cccnc2C1=O)c1ccco1. The van der Waals surface area contributed by atoms with Gasteiger partial charge in [-0.15, -0.1) is 0 Å². The van der Waals surface area contributed by atoms with Crippen LogP contribution in [0.1, 0.15) is 31.4 Å². The lowest BCUT2D eigenvalue weighted by atomic mass is 10.2. The zero-order valence-corrected chi connectivity index (χ0v) is 10.9. The number of rotatable bonds is 4. The maximum Gasteiger partial charge on any atom is 0.287 e. The van der Waals surface area contributed by atoms with Gasteiger partial charge in [0.2, 0.25) is 0 Å². The van der Waals surface area contributed by atoms with Gasteiger partial charge < -0.3 is 9.73 Å². The zero-order chi connectivity index (χ0) is 14.8. The number of carbonyl (C=O) groups is 3. The highest BCUT2D eigenvalue weighted by atomic mass is 16.3. The minimum absolute atomic E-state index is 0.0838. The lowest BCUT2D eigenvalue weighted by Crippen LogP contribution is -2.38. The Kier molecular flexibility index (Phi) is 3.23. The second-order valence-electron chi connectivity index (χ2n) is 4.39. The number of fused-ring (bicyclic) bond motifs is 1. The van der Waals surface area contributed by atoms with Crippen molar-refractivity contribution in [2.75, 3.05) is 13.1 Å². The first-order chi connectivity index (χ1) is 10.2. The van der Waals surface area contributed by atoms with Crippen LogP contribution in [0.3, 0.4) is 0 Å². The smallest absolute Gasteiger partial charge is 0.287 e. The number of amides is 3. The monoisotopic (exact) mass is 285 g/mol. The summed E-state index contributed by atoms with van der Waals surface area (Å²) in [5.74, 6) is -1.05. The number of imide groups is 1. The third-order valence-electron chi connectivity index (χ3n) is 3.10. The van der Waals surface area contributed by atoms with Crippen LogP contribution in [0.2, 0.25) is 0 Å². The summed E-state index contributed by atoms with van der Waals surface area (Å²) in [6.07, 6.45) is 2.86. The lowest BCUT2D eigenvalue weighted by Gasteiger charge is -2.13. The Bertz CT molecular complexity index is 674. The van der Waals surface area contributed by atoms with Crippen LogP contribution in [0.25, 0.3) is 0 Å². The number of furan rings is 1. The van der Waals surface area contributed by atoms with E-state index in [1.807, 2.05) is 0 Å². The molecule has 0 atom stereocenters. The van der Waals surface area contributed by atoms with Crippen molar-refractivity contribution in [1.29, 1.82) is 0 Å². The summed E-state index contributed by atoms with van der Waals surface area (Å²) < 4.78 is 4.94. The molecule has 7 nitrogen and oxygen atoms in total. The Morgan fingerprint density at radius 2 is 2.10 bits per heavy atom. The van der Waals surface area contributed by atoms with E-state index < -0.39 is 17.7 Å². The fourth-order valence-corrected chi connectivity index (χ4v) is 2.09. The lowest BCUT2D eigenvalue weighted by molar-refractivity contribution is 0.0647. The summed E-state index contributed by atoms with van der Waals surface area (Å²) in [6, 6.07) is 6.29. The molecule has 0 bridgehead atoms. The van der Waals surface area contributed by atoms with Crippen molar-refractivity contribution < 1.29 is 18.8 Å². The maximum absolute atomic E-state index is 12.0. The third-order valence-corrected chi connectivity index (χ3v) is 3.10. The summed E-state index contributed by atoms with van der Waals surface area (Å²) in [5.41, 5.74) is 0.444. The number of nitrogens with one attached hydrogen (secondary N) is 1. The minimum atomic E-state index is -0.442. The van der Waals surface area contributed by atoms with E-state index in [9.17, 15) is 14.4 Å². The van der Waals surface area contributed by atoms with Crippen LogP contribution in [0.4, 0.5) is 0 Å². The molecule has 0 saturated carbocycles. The summed E-state index contributed by atoms with van der Waals surface area (Å²) in [6.45, 7) is 0.228. The molecule has 2 aromatic heterocycles. The van der Waals surface area contributed by atoms with Crippen molar-refractivity contribution in [3.05, 3.63) is 53.7 Å². The van der Waals surface area contributed by atoms with E-state index in [0.717, 1.165) is 4.90 Å². The first-order valence-corrected chi connectivity index (χ1v) is 6.31. The molecule has 2 aromatic rings. The molecule has 1 aliphatic rings. The van der Waals surface area contributed by atoms with Gasteiger partial charge in [0.15, 0.2) is 5.76 Å². The van der Waals surface area contributed by atoms with Gasteiger partial charge in [0.25, 0.3) is 17.7 Å². The van der Waals surface area contributed by atoms with Crippen LogP contribution in [0.15, 0.2) is 41.1 Å². The van der Waals surface area contributed by atoms with E-state index in [-0.39, 0.29) is 24.5 Å². The average Bonchev–Trinajstić information content (AvgIpc) is 3.11. The number of carbonyl (C=O) groups excluding carboxylic acids is 3. The summed E-state index contributed by atoms with van der Waals surface area (Å²) in [7, 11) is 0. The van der Waals surface area contributed by atoms with Crippen LogP contribution >= 0.6 is 0 Å². The normalized spacial score (nSPS) is 13.4. The van der Waals surface area contributed by atoms with Gasteiger partial charge in [0, 0.05) is 19.3 Å². The van der Waals surface area contributed by atoms with Crippen LogP contribution in [-0.4, -0.2) is 40.7 Å². The van der Waals surface area contributed by atoms with Crippen LogP contribution in [0, 0.1) is 0 Å². The van der Waals surface area contributed by atoms with Crippen molar-refractivity contribution >= 4 is 17.7 Å². The summed E-state index contributed by atoms with van der Waals surface area (Å²) >= 11 is 0. The molecule has 0 saturated heterocycles. The maximum atomic E-state index is 12.0. The molecule has 106 valence electrons. The number of hydrogen-bond acceptors (Lipinski definition) is 5. The molecular weight excluding hydrogens is 274 g/mol. The second-order valence-corrected chi connectivity index (χ2v) is 4.39. The fourth-order valence-electron chi connectivity index (χ4n) is 2.09. The number of hydrogen-bond donors (Lipinski definition) is 1. The zero-order valence-electron chi connectivity index (χ0n) is 10.9. The van der Waals surface area contributed by atoms with E-state index in [1.165, 1.54) is 18.5 Å². The van der Waals surface area contributed by atoms with Crippen molar-refractivity contribution in [2.45, 2.75) is 0 Å². The predicted molar refractivity (Wildman–Crippen MR) is 70.6 cm³/mol. The number of aromatic nitrogens is 1. The molecule has 0 spiro atoms. The van der Waals surface area contributed by atoms with Crippen molar-refractivity contribution in [3.8, 4) is 0 Å². The molecule has 0 radical (unpaired) electrons. The van der Waals surface area contributed by atoms with E-state index >= 15 is 0 Å². The van der Waals surface area contributed by atoms with E-state index in [1.54, 1.807) is 18.2 Å². The molecule has 21 heavy (non-hydrogen) atoms. The predicted octanol–water partition coefficient (Wildman–Crippen LogP) is 0.701. The molecule has 1 aliphatic heterocycles.